The Morgan fingerprint density at radius 1 is 1.38 bits per heavy atom. The highest BCUT2D eigenvalue weighted by Gasteiger charge is 2.26. The zero-order valence-electron chi connectivity index (χ0n) is 14.0. The molecule has 0 fully saturated rings. The van der Waals surface area contributed by atoms with E-state index in [1.165, 1.54) is 0 Å². The summed E-state index contributed by atoms with van der Waals surface area (Å²) in [5.74, 6) is 0.566. The molecule has 3 rings (SSSR count). The number of alkyl halides is 1. The Bertz CT molecular complexity index is 868. The predicted molar refractivity (Wildman–Crippen MR) is 93.8 cm³/mol. The van der Waals surface area contributed by atoms with Crippen LogP contribution in [0.4, 0.5) is 0 Å². The molecule has 24 heavy (non-hydrogen) atoms. The number of para-hydroxylation sites is 1. The summed E-state index contributed by atoms with van der Waals surface area (Å²) in [7, 11) is 1.85. The van der Waals surface area contributed by atoms with Crippen molar-refractivity contribution in [3.63, 3.8) is 0 Å². The number of halogens is 1. The van der Waals surface area contributed by atoms with Crippen molar-refractivity contribution in [2.45, 2.75) is 26.4 Å². The molecule has 0 N–H and O–H groups in total. The lowest BCUT2D eigenvalue weighted by molar-refractivity contribution is -0.131. The van der Waals surface area contributed by atoms with Crippen LogP contribution in [0.15, 0.2) is 40.9 Å². The van der Waals surface area contributed by atoms with Crippen molar-refractivity contribution in [3.05, 3.63) is 53.5 Å². The lowest BCUT2D eigenvalue weighted by atomic mass is 10.1. The first-order valence-electron chi connectivity index (χ1n) is 7.83. The number of rotatable bonds is 5. The van der Waals surface area contributed by atoms with Gasteiger partial charge in [-0.3, -0.25) is 9.48 Å². The van der Waals surface area contributed by atoms with E-state index < -0.39 is 0 Å². The number of carbonyl (C=O) groups is 1. The first-order chi connectivity index (χ1) is 11.5. The van der Waals surface area contributed by atoms with Crippen LogP contribution < -0.4 is 0 Å². The number of aromatic nitrogens is 2. The molecular weight excluding hydrogens is 326 g/mol. The normalized spacial score (nSPS) is 12.5. The molecule has 126 valence electrons. The molecule has 0 aliphatic carbocycles. The molecule has 0 aliphatic heterocycles. The molecular formula is C18H20ClN3O2. The van der Waals surface area contributed by atoms with Crippen molar-refractivity contribution >= 4 is 28.5 Å². The Morgan fingerprint density at radius 2 is 2.12 bits per heavy atom. The molecule has 0 saturated carbocycles. The van der Waals surface area contributed by atoms with Gasteiger partial charge in [-0.25, -0.2) is 0 Å². The lowest BCUT2D eigenvalue weighted by Gasteiger charge is -2.27. The summed E-state index contributed by atoms with van der Waals surface area (Å²) in [6, 6.07) is 9.55. The van der Waals surface area contributed by atoms with Crippen molar-refractivity contribution in [2.24, 2.45) is 7.05 Å². The van der Waals surface area contributed by atoms with E-state index in [0.29, 0.717) is 6.54 Å². The third-order valence-corrected chi connectivity index (χ3v) is 4.49. The van der Waals surface area contributed by atoms with Crippen LogP contribution >= 0.6 is 11.6 Å². The largest absolute Gasteiger partial charge is 0.459 e. The molecule has 0 aliphatic rings. The van der Waals surface area contributed by atoms with E-state index in [0.717, 1.165) is 28.0 Å². The van der Waals surface area contributed by atoms with Crippen molar-refractivity contribution < 1.29 is 9.21 Å². The number of nitrogens with zero attached hydrogens (tertiary/aromatic N) is 3. The highest BCUT2D eigenvalue weighted by molar-refractivity contribution is 6.27. The molecule has 1 amide bonds. The van der Waals surface area contributed by atoms with E-state index >= 15 is 0 Å². The molecule has 1 aromatic carbocycles. The topological polar surface area (TPSA) is 51.3 Å². The number of aryl methyl sites for hydroxylation is 2. The molecule has 6 heteroatoms. The molecule has 0 bridgehead atoms. The molecule has 2 heterocycles. The Kier molecular flexibility index (Phi) is 4.62. The summed E-state index contributed by atoms with van der Waals surface area (Å²) in [6.45, 7) is 4.37. The fourth-order valence-corrected chi connectivity index (χ4v) is 3.13. The third kappa shape index (κ3) is 3.04. The minimum atomic E-state index is -0.231. The Hall–Kier alpha value is -2.27. The summed E-state index contributed by atoms with van der Waals surface area (Å²) in [4.78, 5) is 14.1. The second-order valence-corrected chi connectivity index (χ2v) is 6.17. The van der Waals surface area contributed by atoms with Gasteiger partial charge in [-0.2, -0.15) is 5.10 Å². The minimum Gasteiger partial charge on any atom is -0.459 e. The molecule has 5 nitrogen and oxygen atoms in total. The van der Waals surface area contributed by atoms with Crippen LogP contribution in [-0.2, 0) is 18.4 Å². The average Bonchev–Trinajstić information content (AvgIpc) is 3.15. The number of fused-ring (bicyclic) bond motifs is 1. The number of benzene rings is 1. The molecule has 0 unspecified atom stereocenters. The third-order valence-electron chi connectivity index (χ3n) is 4.26. The molecule has 2 aromatic heterocycles. The lowest BCUT2D eigenvalue weighted by Crippen LogP contribution is -2.34. The van der Waals surface area contributed by atoms with E-state index in [1.807, 2.05) is 57.4 Å². The van der Waals surface area contributed by atoms with Crippen LogP contribution in [0.25, 0.3) is 11.0 Å². The van der Waals surface area contributed by atoms with Gasteiger partial charge in [0.15, 0.2) is 0 Å². The summed E-state index contributed by atoms with van der Waals surface area (Å²) >= 11 is 5.82. The number of furan rings is 1. The van der Waals surface area contributed by atoms with Crippen LogP contribution in [0.5, 0.6) is 0 Å². The quantitative estimate of drug-likeness (QED) is 0.661. The standard InChI is InChI=1S/C18H20ClN3O2/c1-12-15-6-4-5-7-16(15)24-18(12)13(2)22(17(23)10-19)11-14-8-9-21(3)20-14/h4-9,13H,10-11H2,1-3H3/t13-/m0/s1. The molecule has 3 aromatic rings. The van der Waals surface area contributed by atoms with Gasteiger partial charge in [-0.1, -0.05) is 18.2 Å². The SMILES string of the molecule is Cc1c([C@H](C)N(Cc2ccn(C)n2)C(=O)CCl)oc2ccccc12. The second kappa shape index (κ2) is 6.69. The van der Waals surface area contributed by atoms with Gasteiger partial charge in [-0.05, 0) is 26.0 Å². The van der Waals surface area contributed by atoms with Crippen LogP contribution in [0.2, 0.25) is 0 Å². The van der Waals surface area contributed by atoms with Gasteiger partial charge in [0.2, 0.25) is 5.91 Å². The van der Waals surface area contributed by atoms with Gasteiger partial charge in [0.25, 0.3) is 0 Å². The van der Waals surface area contributed by atoms with Crippen molar-refractivity contribution in [3.8, 4) is 0 Å². The average molecular weight is 346 g/mol. The number of carbonyl (C=O) groups excluding carboxylic acids is 1. The summed E-state index contributed by atoms with van der Waals surface area (Å²) < 4.78 is 7.73. The molecule has 0 saturated heterocycles. The van der Waals surface area contributed by atoms with Crippen molar-refractivity contribution in [1.29, 1.82) is 0 Å². The first kappa shape index (κ1) is 16.6. The molecule has 1 atom stereocenters. The fraction of sp³-hybridized carbons (Fsp3) is 0.333. The van der Waals surface area contributed by atoms with Gasteiger partial charge >= 0.3 is 0 Å². The second-order valence-electron chi connectivity index (χ2n) is 5.90. The van der Waals surface area contributed by atoms with Crippen LogP contribution in [-0.4, -0.2) is 26.5 Å². The van der Waals surface area contributed by atoms with E-state index in [1.54, 1.807) is 9.58 Å². The zero-order chi connectivity index (χ0) is 17.3. The zero-order valence-corrected chi connectivity index (χ0v) is 14.7. The maximum atomic E-state index is 12.4. The van der Waals surface area contributed by atoms with Gasteiger partial charge in [-0.15, -0.1) is 11.6 Å². The predicted octanol–water partition coefficient (Wildman–Crippen LogP) is 3.80. The highest BCUT2D eigenvalue weighted by atomic mass is 35.5. The van der Waals surface area contributed by atoms with E-state index in [9.17, 15) is 4.79 Å². The molecule has 0 spiro atoms. The van der Waals surface area contributed by atoms with E-state index in [2.05, 4.69) is 5.10 Å². The van der Waals surface area contributed by atoms with Gasteiger partial charge in [0.1, 0.15) is 17.2 Å². The summed E-state index contributed by atoms with van der Waals surface area (Å²) in [5.41, 5.74) is 2.69. The van der Waals surface area contributed by atoms with Crippen molar-refractivity contribution in [2.75, 3.05) is 5.88 Å². The van der Waals surface area contributed by atoms with Crippen LogP contribution in [0, 0.1) is 6.92 Å². The van der Waals surface area contributed by atoms with Crippen LogP contribution in [0.1, 0.15) is 30.0 Å². The number of hydrogen-bond donors (Lipinski definition) is 0. The first-order valence-corrected chi connectivity index (χ1v) is 8.36. The van der Waals surface area contributed by atoms with Gasteiger partial charge in [0, 0.05) is 24.2 Å². The maximum absolute atomic E-state index is 12.4. The Morgan fingerprint density at radius 3 is 2.75 bits per heavy atom. The maximum Gasteiger partial charge on any atom is 0.238 e. The molecule has 0 radical (unpaired) electrons. The van der Waals surface area contributed by atoms with E-state index in [4.69, 9.17) is 16.0 Å². The monoisotopic (exact) mass is 345 g/mol. The fourth-order valence-electron chi connectivity index (χ4n) is 2.97. The highest BCUT2D eigenvalue weighted by Crippen LogP contribution is 2.32. The number of hydrogen-bond acceptors (Lipinski definition) is 3. The van der Waals surface area contributed by atoms with Gasteiger partial charge < -0.3 is 9.32 Å². The number of amides is 1. The van der Waals surface area contributed by atoms with Gasteiger partial charge in [0.05, 0.1) is 18.3 Å². The summed E-state index contributed by atoms with van der Waals surface area (Å²) in [6.07, 6.45) is 1.86. The summed E-state index contributed by atoms with van der Waals surface area (Å²) in [5, 5.41) is 5.42. The Labute approximate surface area is 145 Å². The van der Waals surface area contributed by atoms with E-state index in [-0.39, 0.29) is 17.8 Å². The van der Waals surface area contributed by atoms with Crippen molar-refractivity contribution in [1.82, 2.24) is 14.7 Å². The smallest absolute Gasteiger partial charge is 0.238 e. The van der Waals surface area contributed by atoms with Crippen LogP contribution in [0.3, 0.4) is 0 Å². The Balaban J connectivity index is 1.96. The minimum absolute atomic E-state index is 0.0730.